The molecular weight excluding hydrogens is 505 g/mol. The number of ether oxygens (including phenoxy) is 4. The smallest absolute Gasteiger partial charge is 0.213 e. The van der Waals surface area contributed by atoms with E-state index in [0.717, 1.165) is 5.57 Å². The maximum absolute atomic E-state index is 15.2. The Morgan fingerprint density at radius 3 is 2.60 bits per heavy atom. The van der Waals surface area contributed by atoms with Crippen molar-refractivity contribution in [1.82, 2.24) is 9.97 Å². The molecule has 11 heteroatoms. The number of halogens is 4. The number of benzene rings is 1. The van der Waals surface area contributed by atoms with Crippen LogP contribution in [0.1, 0.15) is 12.0 Å². The van der Waals surface area contributed by atoms with Crippen LogP contribution in [-0.2, 0) is 14.2 Å². The van der Waals surface area contributed by atoms with Gasteiger partial charge in [-0.15, -0.1) is 0 Å². The van der Waals surface area contributed by atoms with Crippen LogP contribution in [-0.4, -0.2) is 65.9 Å². The van der Waals surface area contributed by atoms with Crippen molar-refractivity contribution < 1.29 is 32.8 Å². The molecule has 0 aliphatic carbocycles. The summed E-state index contributed by atoms with van der Waals surface area (Å²) in [4.78, 5) is 7.39. The highest BCUT2D eigenvalue weighted by Crippen LogP contribution is 2.40. The molecule has 3 aliphatic rings. The van der Waals surface area contributed by atoms with Gasteiger partial charge < -0.3 is 29.0 Å². The number of pyridine rings is 1. The summed E-state index contributed by atoms with van der Waals surface area (Å²) in [5.41, 5.74) is 1.55. The Labute approximate surface area is 208 Å². The molecule has 7 nitrogen and oxygen atoms in total. The molecule has 5 heterocycles. The van der Waals surface area contributed by atoms with Gasteiger partial charge in [-0.3, -0.25) is 0 Å². The van der Waals surface area contributed by atoms with E-state index < -0.39 is 36.1 Å². The summed E-state index contributed by atoms with van der Waals surface area (Å²) in [6.07, 6.45) is 0.265. The van der Waals surface area contributed by atoms with Crippen molar-refractivity contribution >= 4 is 39.8 Å². The maximum atomic E-state index is 15.2. The second kappa shape index (κ2) is 8.99. The van der Waals surface area contributed by atoms with E-state index in [2.05, 4.69) is 9.97 Å². The fourth-order valence-corrected chi connectivity index (χ4v) is 5.24. The molecule has 184 valence electrons. The van der Waals surface area contributed by atoms with Crippen molar-refractivity contribution in [3.8, 4) is 17.1 Å². The molecule has 0 amide bonds. The Bertz CT molecular complexity index is 1320. The molecule has 0 saturated carbocycles. The third kappa shape index (κ3) is 4.00. The predicted octanol–water partition coefficient (Wildman–Crippen LogP) is 4.52. The van der Waals surface area contributed by atoms with Gasteiger partial charge in [0.15, 0.2) is 6.10 Å². The molecule has 2 fully saturated rings. The molecule has 2 unspecified atom stereocenters. The number of aromatic nitrogens is 2. The largest absolute Gasteiger partial charge is 0.469 e. The fourth-order valence-electron chi connectivity index (χ4n) is 4.76. The summed E-state index contributed by atoms with van der Waals surface area (Å²) in [6, 6.07) is 4.05. The monoisotopic (exact) mass is 524 g/mol. The first-order chi connectivity index (χ1) is 16.9. The van der Waals surface area contributed by atoms with Gasteiger partial charge in [0.1, 0.15) is 40.5 Å². The van der Waals surface area contributed by atoms with Crippen molar-refractivity contribution in [2.45, 2.75) is 30.8 Å². The summed E-state index contributed by atoms with van der Waals surface area (Å²) >= 11 is 12.9. The minimum Gasteiger partial charge on any atom is -0.469 e. The summed E-state index contributed by atoms with van der Waals surface area (Å²) in [6.45, 7) is 1.28. The first-order valence-electron chi connectivity index (χ1n) is 11.1. The first-order valence-corrected chi connectivity index (χ1v) is 11.9. The van der Waals surface area contributed by atoms with Crippen LogP contribution in [0.25, 0.3) is 27.9 Å². The van der Waals surface area contributed by atoms with E-state index in [9.17, 15) is 5.11 Å². The Morgan fingerprint density at radius 1 is 1.09 bits per heavy atom. The summed E-state index contributed by atoms with van der Waals surface area (Å²) in [5, 5.41) is 10.1. The lowest BCUT2D eigenvalue weighted by Crippen LogP contribution is -2.34. The van der Waals surface area contributed by atoms with Gasteiger partial charge in [0.2, 0.25) is 5.88 Å². The highest BCUT2D eigenvalue weighted by molar-refractivity contribution is 6.38. The van der Waals surface area contributed by atoms with Gasteiger partial charge in [-0.1, -0.05) is 29.3 Å². The predicted molar refractivity (Wildman–Crippen MR) is 125 cm³/mol. The van der Waals surface area contributed by atoms with Crippen molar-refractivity contribution in [3.63, 3.8) is 0 Å². The zero-order valence-corrected chi connectivity index (χ0v) is 19.7. The minimum atomic E-state index is -0.782. The Morgan fingerprint density at radius 2 is 1.86 bits per heavy atom. The number of aromatic amines is 1. The van der Waals surface area contributed by atoms with Crippen LogP contribution in [0.5, 0.6) is 5.88 Å². The third-order valence-electron chi connectivity index (χ3n) is 6.50. The highest BCUT2D eigenvalue weighted by atomic mass is 35.5. The SMILES string of the molecule is OC1CO[C@@H]2C(Oc3[nH]c4cc(Cl)c(-c5c(F)cc(C6=CCOCC6)cc5F)nc4c3Cl)CO[C@H]12. The minimum absolute atomic E-state index is 0.0457. The van der Waals surface area contributed by atoms with Crippen molar-refractivity contribution in [2.24, 2.45) is 0 Å². The molecule has 0 bridgehead atoms. The average Bonchev–Trinajstić information content (AvgIpc) is 3.50. The number of H-pyrrole nitrogens is 1. The number of hydrogen-bond acceptors (Lipinski definition) is 6. The molecule has 2 aromatic heterocycles. The molecule has 3 aliphatic heterocycles. The summed E-state index contributed by atoms with van der Waals surface area (Å²) < 4.78 is 52.7. The number of rotatable bonds is 4. The van der Waals surface area contributed by atoms with E-state index in [1.165, 1.54) is 18.2 Å². The van der Waals surface area contributed by atoms with E-state index in [0.29, 0.717) is 30.7 Å². The zero-order valence-electron chi connectivity index (χ0n) is 18.2. The second-order valence-corrected chi connectivity index (χ2v) is 9.46. The van der Waals surface area contributed by atoms with Gasteiger partial charge in [-0.05, 0) is 35.8 Å². The van der Waals surface area contributed by atoms with Gasteiger partial charge in [-0.2, -0.15) is 0 Å². The molecule has 6 rings (SSSR count). The molecule has 2 saturated heterocycles. The number of nitrogens with zero attached hydrogens (tertiary/aromatic N) is 1. The molecular formula is C24H20Cl2F2N2O5. The van der Waals surface area contributed by atoms with E-state index in [1.807, 2.05) is 6.08 Å². The van der Waals surface area contributed by atoms with Crippen LogP contribution in [0, 0.1) is 11.6 Å². The highest BCUT2D eigenvalue weighted by Gasteiger charge is 2.48. The number of hydrogen-bond donors (Lipinski definition) is 2. The van der Waals surface area contributed by atoms with E-state index >= 15 is 8.78 Å². The van der Waals surface area contributed by atoms with Gasteiger partial charge in [0.25, 0.3) is 0 Å². The second-order valence-electron chi connectivity index (χ2n) is 8.67. The maximum Gasteiger partial charge on any atom is 0.213 e. The summed E-state index contributed by atoms with van der Waals surface area (Å²) in [7, 11) is 0. The molecule has 4 atom stereocenters. The fraction of sp³-hybridized carbons (Fsp3) is 0.375. The first kappa shape index (κ1) is 23.1. The molecule has 3 aromatic rings. The normalized spacial score (nSPS) is 26.3. The quantitative estimate of drug-likeness (QED) is 0.521. The third-order valence-corrected chi connectivity index (χ3v) is 7.13. The van der Waals surface area contributed by atoms with Crippen molar-refractivity contribution in [2.75, 3.05) is 26.4 Å². The molecule has 0 spiro atoms. The van der Waals surface area contributed by atoms with Crippen LogP contribution in [0.2, 0.25) is 10.0 Å². The van der Waals surface area contributed by atoms with Gasteiger partial charge >= 0.3 is 0 Å². The van der Waals surface area contributed by atoms with Crippen LogP contribution < -0.4 is 4.74 Å². The van der Waals surface area contributed by atoms with Crippen LogP contribution in [0.3, 0.4) is 0 Å². The van der Waals surface area contributed by atoms with E-state index in [-0.39, 0.29) is 45.9 Å². The van der Waals surface area contributed by atoms with Crippen molar-refractivity contribution in [3.05, 3.63) is 51.5 Å². The molecule has 1 aromatic carbocycles. The standard InChI is InChI=1S/C24H20Cl2F2N2O5/c25-12-7-15-21(19(26)24(29-15)35-17-9-34-22-16(31)8-33-23(17)22)30-20(12)18-13(27)5-11(6-14(18)28)10-1-3-32-4-2-10/h1,5-7,16-17,22-23,29,31H,2-4,8-9H2/t16?,17?,22-,23-/m1/s1. The Balaban J connectivity index is 1.34. The average molecular weight is 525 g/mol. The van der Waals surface area contributed by atoms with E-state index in [1.54, 1.807) is 0 Å². The molecule has 0 radical (unpaired) electrons. The number of aliphatic hydroxyl groups is 1. The van der Waals surface area contributed by atoms with Crippen LogP contribution in [0.15, 0.2) is 24.3 Å². The van der Waals surface area contributed by atoms with Gasteiger partial charge in [0, 0.05) is 0 Å². The van der Waals surface area contributed by atoms with Crippen molar-refractivity contribution in [1.29, 1.82) is 0 Å². The topological polar surface area (TPSA) is 85.8 Å². The molecule has 35 heavy (non-hydrogen) atoms. The molecule has 2 N–H and O–H groups in total. The van der Waals surface area contributed by atoms with Crippen LogP contribution >= 0.6 is 23.2 Å². The van der Waals surface area contributed by atoms with Gasteiger partial charge in [-0.25, -0.2) is 13.8 Å². The number of aliphatic hydroxyl groups excluding tert-OH is 1. The van der Waals surface area contributed by atoms with E-state index in [4.69, 9.17) is 42.1 Å². The lowest BCUT2D eigenvalue weighted by Gasteiger charge is -2.16. The lowest BCUT2D eigenvalue weighted by molar-refractivity contribution is 0.00796. The Hall–Kier alpha value is -2.27. The van der Waals surface area contributed by atoms with Gasteiger partial charge in [0.05, 0.1) is 48.2 Å². The van der Waals surface area contributed by atoms with Crippen LogP contribution in [0.4, 0.5) is 8.78 Å². The zero-order chi connectivity index (χ0) is 24.3. The lowest BCUT2D eigenvalue weighted by atomic mass is 9.98. The number of fused-ring (bicyclic) bond motifs is 2. The number of nitrogens with one attached hydrogen (secondary N) is 1. The Kier molecular flexibility index (Phi) is 5.95. The summed E-state index contributed by atoms with van der Waals surface area (Å²) in [5.74, 6) is -1.37.